The third-order valence-electron chi connectivity index (χ3n) is 1.23. The summed E-state index contributed by atoms with van der Waals surface area (Å²) >= 11 is 0. The molecule has 0 aliphatic heterocycles. The molecule has 17 heavy (non-hydrogen) atoms. The van der Waals surface area contributed by atoms with Crippen LogP contribution in [-0.2, 0) is 19.2 Å². The molecule has 0 atom stereocenters. The largest absolute Gasteiger partial charge is 0.481 e. The van der Waals surface area contributed by atoms with Crippen molar-refractivity contribution in [1.29, 1.82) is 0 Å². The van der Waals surface area contributed by atoms with E-state index in [9.17, 15) is 19.2 Å². The van der Waals surface area contributed by atoms with Crippen molar-refractivity contribution in [1.82, 2.24) is 0 Å². The summed E-state index contributed by atoms with van der Waals surface area (Å²) in [5.41, 5.74) is -0.178. The van der Waals surface area contributed by atoms with E-state index in [1.165, 1.54) is 6.92 Å². The van der Waals surface area contributed by atoms with Crippen LogP contribution in [0.25, 0.3) is 0 Å². The Hall–Kier alpha value is -2.38. The number of carboxylic acids is 4. The Morgan fingerprint density at radius 1 is 0.882 bits per heavy atom. The predicted octanol–water partition coefficient (Wildman–Crippen LogP) is 0.0377. The maximum Gasteiger partial charge on any atom is 0.331 e. The summed E-state index contributed by atoms with van der Waals surface area (Å²) in [4.78, 5) is 39.0. The lowest BCUT2D eigenvalue weighted by Gasteiger charge is -1.86. The first-order valence-corrected chi connectivity index (χ1v) is 4.25. The molecular weight excluding hydrogens is 236 g/mol. The van der Waals surface area contributed by atoms with Crippen LogP contribution in [0.5, 0.6) is 0 Å². The highest BCUT2D eigenvalue weighted by Crippen LogP contribution is 1.89. The molecule has 0 saturated carbocycles. The predicted molar refractivity (Wildman–Crippen MR) is 53.5 cm³/mol. The van der Waals surface area contributed by atoms with Gasteiger partial charge in [0.1, 0.15) is 0 Å². The highest BCUT2D eigenvalue weighted by Gasteiger charge is 2.01. The molecule has 0 aromatic carbocycles. The molecule has 0 heterocycles. The lowest BCUT2D eigenvalue weighted by Crippen LogP contribution is -2.00. The van der Waals surface area contributed by atoms with Crippen LogP contribution in [0.15, 0.2) is 11.6 Å². The van der Waals surface area contributed by atoms with Crippen LogP contribution in [0, 0.1) is 0 Å². The van der Waals surface area contributed by atoms with E-state index in [2.05, 4.69) is 0 Å². The summed E-state index contributed by atoms with van der Waals surface area (Å²) in [6, 6.07) is 0. The second kappa shape index (κ2) is 8.89. The fraction of sp³-hybridized carbons (Fsp3) is 0.333. The van der Waals surface area contributed by atoms with Gasteiger partial charge in [0.2, 0.25) is 0 Å². The second-order valence-electron chi connectivity index (χ2n) is 2.76. The van der Waals surface area contributed by atoms with Gasteiger partial charge < -0.3 is 20.4 Å². The summed E-state index contributed by atoms with van der Waals surface area (Å²) in [5.74, 6) is -4.60. The summed E-state index contributed by atoms with van der Waals surface area (Å²) in [5, 5.41) is 31.9. The van der Waals surface area contributed by atoms with Crippen molar-refractivity contribution in [3.63, 3.8) is 0 Å². The lowest BCUT2D eigenvalue weighted by molar-refractivity contribution is -0.143. The van der Waals surface area contributed by atoms with Crippen molar-refractivity contribution in [3.8, 4) is 0 Å². The Morgan fingerprint density at radius 3 is 1.35 bits per heavy atom. The van der Waals surface area contributed by atoms with Gasteiger partial charge in [-0.1, -0.05) is 0 Å². The van der Waals surface area contributed by atoms with E-state index in [0.29, 0.717) is 6.08 Å². The molecule has 96 valence electrons. The van der Waals surface area contributed by atoms with Crippen molar-refractivity contribution in [2.45, 2.75) is 19.8 Å². The zero-order chi connectivity index (χ0) is 14.0. The number of carbonyl (C=O) groups is 4. The van der Waals surface area contributed by atoms with Gasteiger partial charge in [-0.15, -0.1) is 0 Å². The highest BCUT2D eigenvalue weighted by atomic mass is 16.4. The van der Waals surface area contributed by atoms with Crippen LogP contribution in [0.4, 0.5) is 0 Å². The van der Waals surface area contributed by atoms with Gasteiger partial charge in [-0.05, 0) is 6.92 Å². The minimum absolute atomic E-state index is 0.178. The average molecular weight is 248 g/mol. The first kappa shape index (κ1) is 17.0. The van der Waals surface area contributed by atoms with E-state index in [1.54, 1.807) is 0 Å². The summed E-state index contributed by atoms with van der Waals surface area (Å²) < 4.78 is 0. The van der Waals surface area contributed by atoms with Crippen molar-refractivity contribution >= 4 is 23.9 Å². The average Bonchev–Trinajstić information content (AvgIpc) is 2.14. The van der Waals surface area contributed by atoms with Crippen LogP contribution in [0.2, 0.25) is 0 Å². The molecule has 0 rings (SSSR count). The Kier molecular flexibility index (Phi) is 8.91. The molecule has 0 spiro atoms. The van der Waals surface area contributed by atoms with Gasteiger partial charge in [0.25, 0.3) is 0 Å². The van der Waals surface area contributed by atoms with Crippen molar-refractivity contribution in [2.75, 3.05) is 0 Å². The van der Waals surface area contributed by atoms with Crippen LogP contribution < -0.4 is 0 Å². The van der Waals surface area contributed by atoms with E-state index in [4.69, 9.17) is 20.4 Å². The van der Waals surface area contributed by atoms with E-state index < -0.39 is 23.9 Å². The normalized spacial score (nSPS) is 9.82. The third-order valence-corrected chi connectivity index (χ3v) is 1.23. The Morgan fingerprint density at radius 2 is 1.24 bits per heavy atom. The van der Waals surface area contributed by atoms with Gasteiger partial charge in [0.15, 0.2) is 0 Å². The second-order valence-corrected chi connectivity index (χ2v) is 2.76. The molecule has 0 aromatic heterocycles. The maximum absolute atomic E-state index is 9.90. The van der Waals surface area contributed by atoms with E-state index in [1.807, 2.05) is 0 Å². The molecule has 0 aliphatic carbocycles. The SMILES string of the molecule is C/C(=C/C(=O)O)C(=O)O.O=C(O)CCC(=O)O. The van der Waals surface area contributed by atoms with Gasteiger partial charge in [-0.25, -0.2) is 9.59 Å². The quantitative estimate of drug-likeness (QED) is 0.498. The fourth-order valence-electron chi connectivity index (χ4n) is 0.461. The van der Waals surface area contributed by atoms with Crippen molar-refractivity contribution in [2.24, 2.45) is 0 Å². The minimum atomic E-state index is -1.24. The van der Waals surface area contributed by atoms with Crippen molar-refractivity contribution in [3.05, 3.63) is 11.6 Å². The van der Waals surface area contributed by atoms with Gasteiger partial charge in [-0.3, -0.25) is 9.59 Å². The molecule has 0 aliphatic rings. The zero-order valence-electron chi connectivity index (χ0n) is 8.91. The first-order valence-electron chi connectivity index (χ1n) is 4.25. The molecule has 4 N–H and O–H groups in total. The van der Waals surface area contributed by atoms with Crippen LogP contribution in [0.1, 0.15) is 19.8 Å². The van der Waals surface area contributed by atoms with E-state index in [-0.39, 0.29) is 18.4 Å². The van der Waals surface area contributed by atoms with E-state index >= 15 is 0 Å². The monoisotopic (exact) mass is 248 g/mol. The highest BCUT2D eigenvalue weighted by molar-refractivity contribution is 5.93. The number of carboxylic acid groups (broad SMARTS) is 4. The molecule has 8 nitrogen and oxygen atoms in total. The van der Waals surface area contributed by atoms with Crippen LogP contribution >= 0.6 is 0 Å². The standard InChI is InChI=1S/C5H6O4.C4H6O4/c1-3(5(8)9)2-4(6)7;5-3(6)1-2-4(7)8/h2H,1H3,(H,6,7)(H,8,9);1-2H2,(H,5,6)(H,7,8)/b3-2-;. The van der Waals surface area contributed by atoms with E-state index in [0.717, 1.165) is 0 Å². The number of hydrogen-bond acceptors (Lipinski definition) is 4. The zero-order valence-corrected chi connectivity index (χ0v) is 8.91. The molecule has 0 aromatic rings. The Labute approximate surface area is 95.8 Å². The van der Waals surface area contributed by atoms with Crippen LogP contribution in [0.3, 0.4) is 0 Å². The number of rotatable bonds is 5. The molecule has 0 unspecified atom stereocenters. The molecule has 0 fully saturated rings. The van der Waals surface area contributed by atoms with Gasteiger partial charge in [0.05, 0.1) is 12.8 Å². The van der Waals surface area contributed by atoms with Crippen molar-refractivity contribution < 1.29 is 39.6 Å². The molecule has 0 bridgehead atoms. The molecule has 8 heteroatoms. The van der Waals surface area contributed by atoms with Crippen LogP contribution in [-0.4, -0.2) is 44.3 Å². The third kappa shape index (κ3) is 16.3. The fourth-order valence-corrected chi connectivity index (χ4v) is 0.461. The van der Waals surface area contributed by atoms with Gasteiger partial charge in [0, 0.05) is 11.6 Å². The molecule has 0 amide bonds. The topological polar surface area (TPSA) is 149 Å². The smallest absolute Gasteiger partial charge is 0.331 e. The maximum atomic E-state index is 9.90. The Balaban J connectivity index is 0. The van der Waals surface area contributed by atoms with Gasteiger partial charge in [-0.2, -0.15) is 0 Å². The Bertz CT molecular complexity index is 327. The number of aliphatic carboxylic acids is 4. The minimum Gasteiger partial charge on any atom is -0.481 e. The summed E-state index contributed by atoms with van der Waals surface area (Å²) in [6.45, 7) is 1.22. The molecule has 0 saturated heterocycles. The number of hydrogen-bond donors (Lipinski definition) is 4. The molecule has 0 radical (unpaired) electrons. The lowest BCUT2D eigenvalue weighted by atomic mass is 10.3. The van der Waals surface area contributed by atoms with Gasteiger partial charge >= 0.3 is 23.9 Å². The first-order chi connectivity index (χ1) is 7.66. The summed E-state index contributed by atoms with van der Waals surface area (Å²) in [6.07, 6.45) is 0.0486. The summed E-state index contributed by atoms with van der Waals surface area (Å²) in [7, 11) is 0. The molecular formula is C9H12O8.